The smallest absolute Gasteiger partial charge is 0.338 e. The van der Waals surface area contributed by atoms with Crippen molar-refractivity contribution in [2.75, 3.05) is 34.5 Å². The number of nitrogens with one attached hydrogen (secondary N) is 1. The van der Waals surface area contributed by atoms with E-state index in [0.717, 1.165) is 11.1 Å². The first-order valence-electron chi connectivity index (χ1n) is 11.0. The van der Waals surface area contributed by atoms with Gasteiger partial charge in [0.2, 0.25) is 0 Å². The summed E-state index contributed by atoms with van der Waals surface area (Å²) < 4.78 is 26.4. The first kappa shape index (κ1) is 25.4. The summed E-state index contributed by atoms with van der Waals surface area (Å²) in [6.45, 7) is 1.87. The molecule has 0 aliphatic rings. The van der Waals surface area contributed by atoms with Gasteiger partial charge >= 0.3 is 5.97 Å². The molecule has 3 aromatic carbocycles. The number of carbonyl (C=O) groups is 2. The molecule has 8 heteroatoms. The SMILES string of the molecule is CCOc1ccc(C(=O)OCC(=O)NC(c2ccc(OC)cc2)c2ccc(OC)cc2)cc1OC. The van der Waals surface area contributed by atoms with Crippen LogP contribution in [0.2, 0.25) is 0 Å². The molecule has 0 heterocycles. The molecule has 184 valence electrons. The lowest BCUT2D eigenvalue weighted by Crippen LogP contribution is -2.33. The Labute approximate surface area is 204 Å². The van der Waals surface area contributed by atoms with Gasteiger partial charge in [0.05, 0.1) is 39.5 Å². The molecular formula is C27H29NO7. The highest BCUT2D eigenvalue weighted by molar-refractivity contribution is 5.92. The number of benzene rings is 3. The first-order valence-corrected chi connectivity index (χ1v) is 11.0. The number of hydrogen-bond donors (Lipinski definition) is 1. The minimum absolute atomic E-state index is 0.250. The van der Waals surface area contributed by atoms with E-state index in [1.807, 2.05) is 55.5 Å². The summed E-state index contributed by atoms with van der Waals surface area (Å²) in [5.41, 5.74) is 1.93. The Morgan fingerprint density at radius 2 is 1.34 bits per heavy atom. The number of carbonyl (C=O) groups excluding carboxylic acids is 2. The average Bonchev–Trinajstić information content (AvgIpc) is 2.91. The van der Waals surface area contributed by atoms with Crippen LogP contribution in [-0.4, -0.2) is 46.4 Å². The van der Waals surface area contributed by atoms with Crippen LogP contribution in [0.4, 0.5) is 0 Å². The number of amides is 1. The molecule has 0 spiro atoms. The van der Waals surface area contributed by atoms with E-state index in [1.54, 1.807) is 26.4 Å². The average molecular weight is 480 g/mol. The highest BCUT2D eigenvalue weighted by Gasteiger charge is 2.19. The van der Waals surface area contributed by atoms with E-state index in [4.69, 9.17) is 23.7 Å². The number of hydrogen-bond acceptors (Lipinski definition) is 7. The van der Waals surface area contributed by atoms with Crippen LogP contribution in [0.25, 0.3) is 0 Å². The lowest BCUT2D eigenvalue weighted by molar-refractivity contribution is -0.124. The van der Waals surface area contributed by atoms with Gasteiger partial charge in [0.25, 0.3) is 5.91 Å². The molecule has 0 bridgehead atoms. The Balaban J connectivity index is 1.71. The lowest BCUT2D eigenvalue weighted by Gasteiger charge is -2.20. The second-order valence-electron chi connectivity index (χ2n) is 7.42. The molecule has 0 aromatic heterocycles. The van der Waals surface area contributed by atoms with E-state index in [2.05, 4.69) is 5.32 Å². The minimum Gasteiger partial charge on any atom is -0.497 e. The minimum atomic E-state index is -0.646. The second kappa shape index (κ2) is 12.3. The second-order valence-corrected chi connectivity index (χ2v) is 7.42. The van der Waals surface area contributed by atoms with E-state index < -0.39 is 24.5 Å². The summed E-state index contributed by atoms with van der Waals surface area (Å²) in [6.07, 6.45) is 0. The van der Waals surface area contributed by atoms with Crippen molar-refractivity contribution in [3.8, 4) is 23.0 Å². The van der Waals surface area contributed by atoms with Gasteiger partial charge in [-0.3, -0.25) is 4.79 Å². The maximum atomic E-state index is 12.8. The van der Waals surface area contributed by atoms with E-state index in [1.165, 1.54) is 13.2 Å². The number of rotatable bonds is 11. The molecule has 0 radical (unpaired) electrons. The van der Waals surface area contributed by atoms with Crippen LogP contribution in [0.1, 0.15) is 34.5 Å². The zero-order valence-corrected chi connectivity index (χ0v) is 20.2. The van der Waals surface area contributed by atoms with Crippen LogP contribution < -0.4 is 24.3 Å². The van der Waals surface area contributed by atoms with Crippen molar-refractivity contribution < 1.29 is 33.3 Å². The third-order valence-corrected chi connectivity index (χ3v) is 5.24. The highest BCUT2D eigenvalue weighted by atomic mass is 16.5. The van der Waals surface area contributed by atoms with Crippen molar-refractivity contribution in [3.05, 3.63) is 83.4 Å². The van der Waals surface area contributed by atoms with Gasteiger partial charge in [-0.05, 0) is 60.5 Å². The maximum Gasteiger partial charge on any atom is 0.338 e. The van der Waals surface area contributed by atoms with E-state index in [9.17, 15) is 9.59 Å². The summed E-state index contributed by atoms with van der Waals surface area (Å²) in [5, 5.41) is 2.94. The molecular weight excluding hydrogens is 450 g/mol. The monoisotopic (exact) mass is 479 g/mol. The molecule has 0 aliphatic carbocycles. The third kappa shape index (κ3) is 6.66. The Morgan fingerprint density at radius 1 is 0.771 bits per heavy atom. The van der Waals surface area contributed by atoms with Gasteiger partial charge in [-0.1, -0.05) is 24.3 Å². The predicted octanol–water partition coefficient (Wildman–Crippen LogP) is 4.17. The summed E-state index contributed by atoms with van der Waals surface area (Å²) in [4.78, 5) is 25.3. The van der Waals surface area contributed by atoms with E-state index in [-0.39, 0.29) is 5.56 Å². The summed E-state index contributed by atoms with van der Waals surface area (Å²) in [7, 11) is 4.66. The van der Waals surface area contributed by atoms with Gasteiger partial charge < -0.3 is 29.0 Å². The highest BCUT2D eigenvalue weighted by Crippen LogP contribution is 2.29. The Morgan fingerprint density at radius 3 is 1.83 bits per heavy atom. The Kier molecular flexibility index (Phi) is 8.95. The first-order chi connectivity index (χ1) is 17.0. The van der Waals surface area contributed by atoms with Crippen molar-refractivity contribution in [1.29, 1.82) is 0 Å². The molecule has 35 heavy (non-hydrogen) atoms. The zero-order chi connectivity index (χ0) is 25.2. The molecule has 1 N–H and O–H groups in total. The molecule has 0 fully saturated rings. The van der Waals surface area contributed by atoms with Crippen LogP contribution >= 0.6 is 0 Å². The van der Waals surface area contributed by atoms with Crippen LogP contribution in [0.15, 0.2) is 66.7 Å². The van der Waals surface area contributed by atoms with Gasteiger partial charge in [-0.2, -0.15) is 0 Å². The van der Waals surface area contributed by atoms with Gasteiger partial charge in [0, 0.05) is 0 Å². The van der Waals surface area contributed by atoms with Gasteiger partial charge in [-0.25, -0.2) is 4.79 Å². The molecule has 0 unspecified atom stereocenters. The Bertz CT molecular complexity index is 1080. The molecule has 0 saturated carbocycles. The molecule has 0 aliphatic heterocycles. The molecule has 8 nitrogen and oxygen atoms in total. The maximum absolute atomic E-state index is 12.8. The van der Waals surface area contributed by atoms with Crippen molar-refractivity contribution in [2.24, 2.45) is 0 Å². The van der Waals surface area contributed by atoms with Crippen LogP contribution in [0.5, 0.6) is 23.0 Å². The van der Waals surface area contributed by atoms with Crippen molar-refractivity contribution in [1.82, 2.24) is 5.32 Å². The fraction of sp³-hybridized carbons (Fsp3) is 0.259. The molecule has 0 atom stereocenters. The van der Waals surface area contributed by atoms with Crippen LogP contribution in [-0.2, 0) is 9.53 Å². The fourth-order valence-corrected chi connectivity index (χ4v) is 3.44. The van der Waals surface area contributed by atoms with Gasteiger partial charge in [-0.15, -0.1) is 0 Å². The number of ether oxygens (including phenoxy) is 5. The van der Waals surface area contributed by atoms with E-state index in [0.29, 0.717) is 29.6 Å². The fourth-order valence-electron chi connectivity index (χ4n) is 3.44. The predicted molar refractivity (Wildman–Crippen MR) is 130 cm³/mol. The standard InChI is InChI=1S/C27H29NO7/c1-5-34-23-15-10-20(16-24(23)33-4)27(30)35-17-25(29)28-26(18-6-11-21(31-2)12-7-18)19-8-13-22(32-3)14-9-19/h6-16,26H,5,17H2,1-4H3,(H,28,29). The molecule has 0 saturated heterocycles. The molecule has 3 rings (SSSR count). The summed E-state index contributed by atoms with van der Waals surface area (Å²) in [5.74, 6) is 1.23. The summed E-state index contributed by atoms with van der Waals surface area (Å²) in [6, 6.07) is 19.0. The summed E-state index contributed by atoms with van der Waals surface area (Å²) >= 11 is 0. The third-order valence-electron chi connectivity index (χ3n) is 5.24. The Hall–Kier alpha value is -4.20. The molecule has 3 aromatic rings. The topological polar surface area (TPSA) is 92.3 Å². The number of esters is 1. The van der Waals surface area contributed by atoms with E-state index >= 15 is 0 Å². The lowest BCUT2D eigenvalue weighted by atomic mass is 9.98. The molecule has 1 amide bonds. The van der Waals surface area contributed by atoms with Crippen LogP contribution in [0.3, 0.4) is 0 Å². The quantitative estimate of drug-likeness (QED) is 0.413. The van der Waals surface area contributed by atoms with Crippen molar-refractivity contribution in [2.45, 2.75) is 13.0 Å². The van der Waals surface area contributed by atoms with Crippen molar-refractivity contribution in [3.63, 3.8) is 0 Å². The zero-order valence-electron chi connectivity index (χ0n) is 20.2. The number of methoxy groups -OCH3 is 3. The van der Waals surface area contributed by atoms with Crippen molar-refractivity contribution >= 4 is 11.9 Å². The normalized spacial score (nSPS) is 10.4. The van der Waals surface area contributed by atoms with Gasteiger partial charge in [0.1, 0.15) is 11.5 Å². The van der Waals surface area contributed by atoms with Crippen LogP contribution in [0, 0.1) is 0 Å². The largest absolute Gasteiger partial charge is 0.497 e. The van der Waals surface area contributed by atoms with Gasteiger partial charge in [0.15, 0.2) is 18.1 Å².